The van der Waals surface area contributed by atoms with Crippen LogP contribution in [0.25, 0.3) is 0 Å². The van der Waals surface area contributed by atoms with Crippen molar-refractivity contribution in [2.24, 2.45) is 0 Å². The quantitative estimate of drug-likeness (QED) is 0.868. The van der Waals surface area contributed by atoms with Gasteiger partial charge in [0.15, 0.2) is 0 Å². The van der Waals surface area contributed by atoms with Crippen molar-refractivity contribution in [3.63, 3.8) is 0 Å². The number of rotatable bonds is 3. The predicted molar refractivity (Wildman–Crippen MR) is 79.0 cm³/mol. The van der Waals surface area contributed by atoms with Crippen LogP contribution >= 0.6 is 27.5 Å². The fourth-order valence-electron chi connectivity index (χ4n) is 1.92. The van der Waals surface area contributed by atoms with E-state index in [0.29, 0.717) is 11.4 Å². The Hall–Kier alpha value is -0.830. The van der Waals surface area contributed by atoms with Gasteiger partial charge in [-0.25, -0.2) is 0 Å². The molecule has 18 heavy (non-hydrogen) atoms. The van der Waals surface area contributed by atoms with Crippen molar-refractivity contribution in [2.45, 2.75) is 19.4 Å². The Labute approximate surface area is 121 Å². The summed E-state index contributed by atoms with van der Waals surface area (Å²) >= 11 is 9.41. The SMILES string of the molecule is Cc1ccc(Br)c(C(O)Cc2cccc(Cl)c2)c1. The molecule has 0 amide bonds. The third kappa shape index (κ3) is 3.35. The standard InChI is InChI=1S/C15H14BrClO/c1-10-5-6-14(16)13(7-10)15(18)9-11-3-2-4-12(17)8-11/h2-8,15,18H,9H2,1H3. The van der Waals surface area contributed by atoms with Gasteiger partial charge in [-0.1, -0.05) is 57.4 Å². The summed E-state index contributed by atoms with van der Waals surface area (Å²) in [6.45, 7) is 2.02. The van der Waals surface area contributed by atoms with E-state index in [1.54, 1.807) is 0 Å². The second-order valence-electron chi connectivity index (χ2n) is 4.37. The number of aliphatic hydroxyl groups excluding tert-OH is 1. The van der Waals surface area contributed by atoms with Crippen LogP contribution in [0.1, 0.15) is 22.8 Å². The Morgan fingerprint density at radius 2 is 2.00 bits per heavy atom. The van der Waals surface area contributed by atoms with Crippen LogP contribution in [0.2, 0.25) is 5.02 Å². The lowest BCUT2D eigenvalue weighted by Gasteiger charge is -2.14. The summed E-state index contributed by atoms with van der Waals surface area (Å²) in [4.78, 5) is 0. The van der Waals surface area contributed by atoms with E-state index in [1.165, 1.54) is 0 Å². The van der Waals surface area contributed by atoms with E-state index in [0.717, 1.165) is 21.2 Å². The molecule has 0 bridgehead atoms. The van der Waals surface area contributed by atoms with E-state index < -0.39 is 6.10 Å². The smallest absolute Gasteiger partial charge is 0.0841 e. The van der Waals surface area contributed by atoms with Gasteiger partial charge in [0.05, 0.1) is 6.10 Å². The molecule has 0 fully saturated rings. The number of aryl methyl sites for hydroxylation is 1. The molecule has 3 heteroatoms. The normalized spacial score (nSPS) is 12.4. The van der Waals surface area contributed by atoms with Gasteiger partial charge in [-0.05, 0) is 36.2 Å². The topological polar surface area (TPSA) is 20.2 Å². The van der Waals surface area contributed by atoms with Crippen molar-refractivity contribution < 1.29 is 5.11 Å². The first-order chi connectivity index (χ1) is 8.56. The van der Waals surface area contributed by atoms with Gasteiger partial charge in [-0.15, -0.1) is 0 Å². The molecule has 1 atom stereocenters. The Kier molecular flexibility index (Phi) is 4.44. The fourth-order valence-corrected chi connectivity index (χ4v) is 2.64. The van der Waals surface area contributed by atoms with Crippen molar-refractivity contribution in [2.75, 3.05) is 0 Å². The summed E-state index contributed by atoms with van der Waals surface area (Å²) in [7, 11) is 0. The number of hydrogen-bond acceptors (Lipinski definition) is 1. The van der Waals surface area contributed by atoms with Crippen molar-refractivity contribution in [3.05, 3.63) is 68.7 Å². The third-order valence-corrected chi connectivity index (χ3v) is 3.79. The van der Waals surface area contributed by atoms with Crippen molar-refractivity contribution in [1.29, 1.82) is 0 Å². The Balaban J connectivity index is 2.21. The van der Waals surface area contributed by atoms with Crippen LogP contribution in [0.4, 0.5) is 0 Å². The van der Waals surface area contributed by atoms with Gasteiger partial charge in [0.25, 0.3) is 0 Å². The van der Waals surface area contributed by atoms with Gasteiger partial charge in [-0.3, -0.25) is 0 Å². The van der Waals surface area contributed by atoms with Gasteiger partial charge in [0, 0.05) is 15.9 Å². The Bertz CT molecular complexity index is 554. The summed E-state index contributed by atoms with van der Waals surface area (Å²) < 4.78 is 0.933. The van der Waals surface area contributed by atoms with E-state index in [4.69, 9.17) is 11.6 Å². The summed E-state index contributed by atoms with van der Waals surface area (Å²) in [5, 5.41) is 11.0. The molecule has 2 rings (SSSR count). The molecule has 2 aromatic carbocycles. The Morgan fingerprint density at radius 1 is 1.22 bits per heavy atom. The van der Waals surface area contributed by atoms with E-state index in [9.17, 15) is 5.11 Å². The zero-order valence-electron chi connectivity index (χ0n) is 10.0. The van der Waals surface area contributed by atoms with Gasteiger partial charge >= 0.3 is 0 Å². The predicted octanol–water partition coefficient (Wildman–Crippen LogP) is 4.69. The van der Waals surface area contributed by atoms with Gasteiger partial charge in [0.1, 0.15) is 0 Å². The first-order valence-corrected chi connectivity index (χ1v) is 6.92. The molecule has 0 aliphatic heterocycles. The van der Waals surface area contributed by atoms with Crippen molar-refractivity contribution >= 4 is 27.5 Å². The molecule has 0 aliphatic rings. The van der Waals surface area contributed by atoms with Gasteiger partial charge in [0.2, 0.25) is 0 Å². The highest BCUT2D eigenvalue weighted by molar-refractivity contribution is 9.10. The molecule has 0 heterocycles. The zero-order valence-corrected chi connectivity index (χ0v) is 12.4. The summed E-state index contributed by atoms with van der Waals surface area (Å²) in [6, 6.07) is 13.6. The summed E-state index contributed by atoms with van der Waals surface area (Å²) in [5.41, 5.74) is 3.08. The second-order valence-corrected chi connectivity index (χ2v) is 5.67. The van der Waals surface area contributed by atoms with Crippen LogP contribution in [0.15, 0.2) is 46.9 Å². The highest BCUT2D eigenvalue weighted by Gasteiger charge is 2.12. The number of hydrogen-bond donors (Lipinski definition) is 1. The number of aliphatic hydroxyl groups is 1. The second kappa shape index (κ2) is 5.87. The van der Waals surface area contributed by atoms with E-state index in [-0.39, 0.29) is 0 Å². The van der Waals surface area contributed by atoms with Gasteiger partial charge in [-0.2, -0.15) is 0 Å². The van der Waals surface area contributed by atoms with Crippen LogP contribution in [0, 0.1) is 6.92 Å². The monoisotopic (exact) mass is 324 g/mol. The maximum atomic E-state index is 10.3. The first-order valence-electron chi connectivity index (χ1n) is 5.75. The Morgan fingerprint density at radius 3 is 2.72 bits per heavy atom. The van der Waals surface area contributed by atoms with E-state index >= 15 is 0 Å². The average molecular weight is 326 g/mol. The van der Waals surface area contributed by atoms with Crippen LogP contribution in [0.5, 0.6) is 0 Å². The maximum Gasteiger partial charge on any atom is 0.0841 e. The maximum absolute atomic E-state index is 10.3. The van der Waals surface area contributed by atoms with E-state index in [1.807, 2.05) is 49.4 Å². The molecule has 1 unspecified atom stereocenters. The molecule has 0 aromatic heterocycles. The van der Waals surface area contributed by atoms with Crippen LogP contribution in [0.3, 0.4) is 0 Å². The number of halogens is 2. The molecule has 0 aliphatic carbocycles. The molecule has 0 radical (unpaired) electrons. The highest BCUT2D eigenvalue weighted by atomic mass is 79.9. The summed E-state index contributed by atoms with van der Waals surface area (Å²) in [6.07, 6.45) is 0.0283. The lowest BCUT2D eigenvalue weighted by atomic mass is 10.00. The summed E-state index contributed by atoms with van der Waals surface area (Å²) in [5.74, 6) is 0. The molecule has 0 saturated carbocycles. The van der Waals surface area contributed by atoms with Crippen LogP contribution in [-0.4, -0.2) is 5.11 Å². The molecule has 94 valence electrons. The average Bonchev–Trinajstić information content (AvgIpc) is 2.32. The minimum atomic E-state index is -0.530. The van der Waals surface area contributed by atoms with E-state index in [2.05, 4.69) is 15.9 Å². The molecule has 1 nitrogen and oxygen atoms in total. The fraction of sp³-hybridized carbons (Fsp3) is 0.200. The first kappa shape index (κ1) is 13.6. The molecule has 2 aromatic rings. The molecular formula is C15H14BrClO. The molecule has 0 spiro atoms. The lowest BCUT2D eigenvalue weighted by molar-refractivity contribution is 0.177. The van der Waals surface area contributed by atoms with Gasteiger partial charge < -0.3 is 5.11 Å². The highest BCUT2D eigenvalue weighted by Crippen LogP contribution is 2.27. The van der Waals surface area contributed by atoms with Crippen molar-refractivity contribution in [1.82, 2.24) is 0 Å². The lowest BCUT2D eigenvalue weighted by Crippen LogP contribution is -2.03. The largest absolute Gasteiger partial charge is 0.388 e. The minimum absolute atomic E-state index is 0.530. The molecule has 0 saturated heterocycles. The molecular weight excluding hydrogens is 312 g/mol. The third-order valence-electron chi connectivity index (χ3n) is 2.83. The van der Waals surface area contributed by atoms with Crippen LogP contribution < -0.4 is 0 Å². The molecule has 1 N–H and O–H groups in total. The minimum Gasteiger partial charge on any atom is -0.388 e. The van der Waals surface area contributed by atoms with Crippen molar-refractivity contribution in [3.8, 4) is 0 Å². The number of benzene rings is 2. The van der Waals surface area contributed by atoms with Crippen LogP contribution in [-0.2, 0) is 6.42 Å². The zero-order chi connectivity index (χ0) is 13.1.